The molecule has 0 amide bonds. The summed E-state index contributed by atoms with van der Waals surface area (Å²) in [5, 5.41) is 0.804. The van der Waals surface area contributed by atoms with E-state index in [1.165, 1.54) is 25.8 Å². The Morgan fingerprint density at radius 2 is 1.64 bits per heavy atom. The molecule has 4 nitrogen and oxygen atoms in total. The van der Waals surface area contributed by atoms with E-state index in [1.807, 2.05) is 0 Å². The van der Waals surface area contributed by atoms with Crippen molar-refractivity contribution in [3.8, 4) is 0 Å². The molecule has 0 atom stereocenters. The van der Waals surface area contributed by atoms with E-state index >= 15 is 0 Å². The second-order valence-corrected chi connectivity index (χ2v) is 9.98. The van der Waals surface area contributed by atoms with E-state index in [-0.39, 0.29) is 11.2 Å². The van der Waals surface area contributed by atoms with Gasteiger partial charge in [0.25, 0.3) is 5.56 Å². The summed E-state index contributed by atoms with van der Waals surface area (Å²) in [5.74, 6) is 0. The number of H-pyrrole nitrogens is 1. The Balaban J connectivity index is 2.00. The van der Waals surface area contributed by atoms with Gasteiger partial charge in [-0.15, -0.1) is 0 Å². The normalized spacial score (nSPS) is 17.6. The number of rotatable bonds is 3. The Labute approximate surface area is 145 Å². The van der Waals surface area contributed by atoms with Crippen molar-refractivity contribution >= 4 is 47.0 Å². The molecule has 0 fully saturated rings. The highest BCUT2D eigenvalue weighted by Crippen LogP contribution is 2.59. The molecule has 3 rings (SSSR count). The molecule has 2 aliphatic rings. The van der Waals surface area contributed by atoms with Gasteiger partial charge in [0.05, 0.1) is 8.47 Å². The fourth-order valence-electron chi connectivity index (χ4n) is 2.05. The molecule has 22 heavy (non-hydrogen) atoms. The summed E-state index contributed by atoms with van der Waals surface area (Å²) in [6.45, 7) is 6.97. The van der Waals surface area contributed by atoms with Crippen molar-refractivity contribution in [1.82, 2.24) is 9.55 Å². The van der Waals surface area contributed by atoms with E-state index in [0.717, 1.165) is 22.1 Å². The van der Waals surface area contributed by atoms with E-state index in [0.29, 0.717) is 11.4 Å². The number of allylic oxidation sites excluding steroid dienone is 2. The van der Waals surface area contributed by atoms with Crippen LogP contribution in [0.4, 0.5) is 0 Å². The average molecular weight is 373 g/mol. The van der Waals surface area contributed by atoms with E-state index in [4.69, 9.17) is 0 Å². The second kappa shape index (κ2) is 6.59. The molecule has 0 saturated carbocycles. The average Bonchev–Trinajstić information content (AvgIpc) is 3.04. The molecule has 8 heteroatoms. The van der Waals surface area contributed by atoms with Crippen LogP contribution in [0.5, 0.6) is 0 Å². The summed E-state index contributed by atoms with van der Waals surface area (Å²) in [5.41, 5.74) is -0.566. The predicted octanol–water partition coefficient (Wildman–Crippen LogP) is 4.39. The highest BCUT2D eigenvalue weighted by molar-refractivity contribution is 8.32. The summed E-state index contributed by atoms with van der Waals surface area (Å²) < 4.78 is 4.04. The molecular weight excluding hydrogens is 356 g/mol. The lowest BCUT2D eigenvalue weighted by Crippen LogP contribution is -2.31. The maximum Gasteiger partial charge on any atom is 0.329 e. The third-order valence-corrected chi connectivity index (χ3v) is 9.14. The van der Waals surface area contributed by atoms with Crippen molar-refractivity contribution in [3.63, 3.8) is 0 Å². The molecule has 1 N–H and O–H groups in total. The molecular formula is C14H16N2O2S4. The van der Waals surface area contributed by atoms with Crippen LogP contribution < -0.4 is 11.2 Å². The van der Waals surface area contributed by atoms with Gasteiger partial charge in [0.1, 0.15) is 9.92 Å². The maximum absolute atomic E-state index is 12.1. The zero-order chi connectivity index (χ0) is 15.9. The quantitative estimate of drug-likeness (QED) is 0.794. The van der Waals surface area contributed by atoms with Crippen LogP contribution in [0.2, 0.25) is 0 Å². The minimum Gasteiger partial charge on any atom is -0.287 e. The molecule has 0 unspecified atom stereocenters. The van der Waals surface area contributed by atoms with Gasteiger partial charge >= 0.3 is 5.69 Å². The molecule has 118 valence electrons. The van der Waals surface area contributed by atoms with Crippen LogP contribution >= 0.6 is 47.0 Å². The van der Waals surface area contributed by atoms with Gasteiger partial charge in [0.2, 0.25) is 0 Å². The zero-order valence-corrected chi connectivity index (χ0v) is 15.8. The summed E-state index contributed by atoms with van der Waals surface area (Å²) in [6, 6.07) is 0. The van der Waals surface area contributed by atoms with Crippen LogP contribution in [0.15, 0.2) is 37.8 Å². The van der Waals surface area contributed by atoms with Crippen LogP contribution in [-0.4, -0.2) is 9.55 Å². The largest absolute Gasteiger partial charge is 0.329 e. The summed E-state index contributed by atoms with van der Waals surface area (Å²) in [4.78, 5) is 29.9. The Hall–Kier alpha value is -0.440. The lowest BCUT2D eigenvalue weighted by Gasteiger charge is -2.08. The molecule has 0 saturated heterocycles. The maximum atomic E-state index is 12.1. The highest BCUT2D eigenvalue weighted by atomic mass is 32.2. The Morgan fingerprint density at radius 3 is 2.27 bits per heavy atom. The van der Waals surface area contributed by atoms with Crippen LogP contribution in [0.3, 0.4) is 0 Å². The van der Waals surface area contributed by atoms with Gasteiger partial charge in [-0.3, -0.25) is 14.3 Å². The monoisotopic (exact) mass is 372 g/mol. The molecule has 1 aromatic heterocycles. The number of fused-ring (bicyclic) bond motifs is 1. The smallest absolute Gasteiger partial charge is 0.287 e. The van der Waals surface area contributed by atoms with Crippen LogP contribution in [0.1, 0.15) is 33.6 Å². The molecule has 0 aliphatic carbocycles. The van der Waals surface area contributed by atoms with Crippen LogP contribution in [0, 0.1) is 0 Å². The molecule has 0 bridgehead atoms. The molecule has 0 aromatic carbocycles. The summed E-state index contributed by atoms with van der Waals surface area (Å²) >= 11 is 6.56. The number of hydrogen-bond acceptors (Lipinski definition) is 6. The van der Waals surface area contributed by atoms with Crippen molar-refractivity contribution in [2.45, 2.75) is 50.1 Å². The standard InChI is InChI=1S/C14H16N2O2S4/c1-4-5-6-16-11-9(10(17)15-14(16)18)21-13(22-11)12-19-7(2)8(3)20-12/h4-6H2,1-3H3,(H,15,17,18). The number of nitrogens with one attached hydrogen (secondary N) is 1. The molecule has 0 spiro atoms. The number of hydrogen-bond donors (Lipinski definition) is 1. The van der Waals surface area contributed by atoms with Gasteiger partial charge in [-0.1, -0.05) is 60.4 Å². The van der Waals surface area contributed by atoms with Crippen LogP contribution in [0.25, 0.3) is 0 Å². The van der Waals surface area contributed by atoms with E-state index in [1.54, 1.807) is 39.9 Å². The minimum atomic E-state index is -0.297. The first-order valence-corrected chi connectivity index (χ1v) is 10.3. The van der Waals surface area contributed by atoms with Crippen molar-refractivity contribution in [2.24, 2.45) is 0 Å². The van der Waals surface area contributed by atoms with Crippen molar-refractivity contribution in [1.29, 1.82) is 0 Å². The Kier molecular flexibility index (Phi) is 4.92. The topological polar surface area (TPSA) is 54.9 Å². The SMILES string of the molecule is CCCCn1c2c(c(=O)[nH]c1=O)SC(=C1SC(C)=C(C)S1)S2. The third kappa shape index (κ3) is 2.98. The summed E-state index contributed by atoms with van der Waals surface area (Å²) in [7, 11) is 0. The van der Waals surface area contributed by atoms with Gasteiger partial charge in [0.15, 0.2) is 0 Å². The first kappa shape index (κ1) is 16.4. The van der Waals surface area contributed by atoms with Gasteiger partial charge in [0, 0.05) is 6.54 Å². The molecule has 3 heterocycles. The first-order chi connectivity index (χ1) is 10.5. The molecule has 0 radical (unpaired) electrons. The lowest BCUT2D eigenvalue weighted by atomic mass is 10.3. The first-order valence-electron chi connectivity index (χ1n) is 7.01. The van der Waals surface area contributed by atoms with Crippen molar-refractivity contribution in [2.75, 3.05) is 0 Å². The fraction of sp³-hybridized carbons (Fsp3) is 0.429. The lowest BCUT2D eigenvalue weighted by molar-refractivity contribution is 0.540. The number of nitrogens with zero attached hydrogens (tertiary/aromatic N) is 1. The minimum absolute atomic E-state index is 0.268. The number of aromatic nitrogens is 2. The van der Waals surface area contributed by atoms with E-state index in [9.17, 15) is 9.59 Å². The number of unbranched alkanes of at least 4 members (excludes halogenated alkanes) is 1. The number of thioether (sulfide) groups is 4. The van der Waals surface area contributed by atoms with Gasteiger partial charge < -0.3 is 0 Å². The van der Waals surface area contributed by atoms with Crippen LogP contribution in [-0.2, 0) is 6.54 Å². The predicted molar refractivity (Wildman–Crippen MR) is 98.5 cm³/mol. The van der Waals surface area contributed by atoms with Gasteiger partial charge in [-0.05, 0) is 30.1 Å². The summed E-state index contributed by atoms with van der Waals surface area (Å²) in [6.07, 6.45) is 1.94. The second-order valence-electron chi connectivity index (χ2n) is 4.99. The van der Waals surface area contributed by atoms with Crippen molar-refractivity contribution < 1.29 is 0 Å². The molecule has 2 aliphatic heterocycles. The van der Waals surface area contributed by atoms with Gasteiger partial charge in [-0.2, -0.15) is 0 Å². The molecule has 1 aromatic rings. The van der Waals surface area contributed by atoms with Crippen molar-refractivity contribution in [3.05, 3.63) is 39.1 Å². The van der Waals surface area contributed by atoms with E-state index < -0.39 is 0 Å². The van der Waals surface area contributed by atoms with Gasteiger partial charge in [-0.25, -0.2) is 4.79 Å². The van der Waals surface area contributed by atoms with E-state index in [2.05, 4.69) is 25.8 Å². The third-order valence-electron chi connectivity index (χ3n) is 3.38. The highest BCUT2D eigenvalue weighted by Gasteiger charge is 2.30. The number of aromatic amines is 1. The zero-order valence-electron chi connectivity index (χ0n) is 12.5. The fourth-order valence-corrected chi connectivity index (χ4v) is 7.47. The Bertz CT molecular complexity index is 788. The Morgan fingerprint density at radius 1 is 1.00 bits per heavy atom.